The fourth-order valence-corrected chi connectivity index (χ4v) is 3.33. The van der Waals surface area contributed by atoms with Gasteiger partial charge < -0.3 is 10.2 Å². The summed E-state index contributed by atoms with van der Waals surface area (Å²) in [7, 11) is 0. The Balaban J connectivity index is 1.62. The normalized spacial score (nSPS) is 18.2. The molecule has 1 amide bonds. The summed E-state index contributed by atoms with van der Waals surface area (Å²) in [5, 5.41) is 12.6. The molecule has 0 saturated carbocycles. The van der Waals surface area contributed by atoms with Crippen LogP contribution >= 0.6 is 11.3 Å². The molecule has 1 aliphatic heterocycles. The molecule has 1 saturated heterocycles. The Morgan fingerprint density at radius 1 is 1.39 bits per heavy atom. The number of piperidine rings is 1. The van der Waals surface area contributed by atoms with Gasteiger partial charge in [-0.3, -0.25) is 9.78 Å². The van der Waals surface area contributed by atoms with Gasteiger partial charge in [-0.05, 0) is 12.8 Å². The number of anilines is 2. The maximum Gasteiger partial charge on any atom is 0.231 e. The minimum absolute atomic E-state index is 0.00467. The molecule has 0 bridgehead atoms. The molecule has 2 aromatic heterocycles. The fourth-order valence-electron chi connectivity index (χ4n) is 2.58. The van der Waals surface area contributed by atoms with Crippen LogP contribution in [0.25, 0.3) is 0 Å². The van der Waals surface area contributed by atoms with Crippen molar-refractivity contribution < 1.29 is 4.79 Å². The van der Waals surface area contributed by atoms with E-state index in [2.05, 4.69) is 44.2 Å². The van der Waals surface area contributed by atoms with Crippen molar-refractivity contribution in [2.45, 2.75) is 32.6 Å². The Kier molecular flexibility index (Phi) is 4.80. The van der Waals surface area contributed by atoms with Crippen LogP contribution in [0.3, 0.4) is 0 Å². The first-order valence-electron chi connectivity index (χ1n) is 7.78. The number of hydrogen-bond donors (Lipinski definition) is 1. The van der Waals surface area contributed by atoms with Crippen LogP contribution in [-0.4, -0.2) is 39.2 Å². The average molecular weight is 332 g/mol. The molecule has 8 heteroatoms. The van der Waals surface area contributed by atoms with Gasteiger partial charge in [-0.2, -0.15) is 0 Å². The fraction of sp³-hybridized carbons (Fsp3) is 0.533. The van der Waals surface area contributed by atoms with Crippen molar-refractivity contribution in [2.24, 2.45) is 5.92 Å². The molecule has 0 radical (unpaired) electrons. The van der Waals surface area contributed by atoms with Crippen LogP contribution in [0.1, 0.15) is 37.6 Å². The van der Waals surface area contributed by atoms with Crippen LogP contribution in [0.5, 0.6) is 0 Å². The van der Waals surface area contributed by atoms with Gasteiger partial charge in [0.25, 0.3) is 0 Å². The van der Waals surface area contributed by atoms with Crippen LogP contribution in [0.2, 0.25) is 0 Å². The zero-order chi connectivity index (χ0) is 16.2. The summed E-state index contributed by atoms with van der Waals surface area (Å²) in [5.74, 6) is 1.07. The van der Waals surface area contributed by atoms with Gasteiger partial charge in [0, 0.05) is 31.4 Å². The average Bonchev–Trinajstić information content (AvgIpc) is 3.04. The summed E-state index contributed by atoms with van der Waals surface area (Å²) in [6.07, 6.45) is 6.90. The molecule has 23 heavy (non-hydrogen) atoms. The van der Waals surface area contributed by atoms with Gasteiger partial charge in [0.15, 0.2) is 0 Å². The van der Waals surface area contributed by atoms with E-state index < -0.39 is 0 Å². The van der Waals surface area contributed by atoms with E-state index in [1.165, 1.54) is 11.3 Å². The van der Waals surface area contributed by atoms with Crippen LogP contribution in [0.15, 0.2) is 18.6 Å². The largest absolute Gasteiger partial charge is 0.355 e. The lowest BCUT2D eigenvalue weighted by Gasteiger charge is -2.32. The first-order chi connectivity index (χ1) is 11.1. The number of carbonyl (C=O) groups excluding carboxylic acids is 1. The van der Waals surface area contributed by atoms with Gasteiger partial charge in [0.2, 0.25) is 11.0 Å². The third kappa shape index (κ3) is 3.82. The maximum atomic E-state index is 12.5. The predicted molar refractivity (Wildman–Crippen MR) is 89.6 cm³/mol. The first-order valence-corrected chi connectivity index (χ1v) is 8.60. The van der Waals surface area contributed by atoms with Gasteiger partial charge in [0.1, 0.15) is 10.8 Å². The number of nitrogens with zero attached hydrogens (tertiary/aromatic N) is 5. The van der Waals surface area contributed by atoms with E-state index in [4.69, 9.17) is 0 Å². The molecule has 1 fully saturated rings. The van der Waals surface area contributed by atoms with Gasteiger partial charge in [-0.15, -0.1) is 10.2 Å². The van der Waals surface area contributed by atoms with Gasteiger partial charge in [-0.1, -0.05) is 25.2 Å². The van der Waals surface area contributed by atoms with Crippen molar-refractivity contribution in [2.75, 3.05) is 23.3 Å². The van der Waals surface area contributed by atoms with E-state index in [-0.39, 0.29) is 11.8 Å². The smallest absolute Gasteiger partial charge is 0.231 e. The second kappa shape index (κ2) is 6.99. The summed E-state index contributed by atoms with van der Waals surface area (Å²) in [5.41, 5.74) is 0. The third-order valence-corrected chi connectivity index (χ3v) is 4.97. The zero-order valence-electron chi connectivity index (χ0n) is 13.3. The summed E-state index contributed by atoms with van der Waals surface area (Å²) >= 11 is 1.44. The molecule has 122 valence electrons. The second-order valence-electron chi connectivity index (χ2n) is 5.94. The van der Waals surface area contributed by atoms with Gasteiger partial charge in [0.05, 0.1) is 12.1 Å². The minimum Gasteiger partial charge on any atom is -0.355 e. The molecular formula is C15H20N6OS. The standard InChI is InChI=1S/C15H20N6OS/c1-10(2)14-19-20-15(23-14)18-13(22)11-4-3-7-21(9-11)12-8-16-5-6-17-12/h5-6,8,10-11H,3-4,7,9H2,1-2H3,(H,18,20,22). The van der Waals surface area contributed by atoms with Crippen molar-refractivity contribution >= 4 is 28.2 Å². The summed E-state index contributed by atoms with van der Waals surface area (Å²) < 4.78 is 0. The maximum absolute atomic E-state index is 12.5. The van der Waals surface area contributed by atoms with E-state index in [1.54, 1.807) is 18.6 Å². The Labute approximate surface area is 139 Å². The molecule has 1 atom stereocenters. The number of amides is 1. The summed E-state index contributed by atoms with van der Waals surface area (Å²) in [6.45, 7) is 5.68. The molecular weight excluding hydrogens is 312 g/mol. The lowest BCUT2D eigenvalue weighted by molar-refractivity contribution is -0.120. The Hall–Kier alpha value is -2.09. The number of aromatic nitrogens is 4. The molecule has 7 nitrogen and oxygen atoms in total. The Morgan fingerprint density at radius 2 is 2.26 bits per heavy atom. The molecule has 3 heterocycles. The lowest BCUT2D eigenvalue weighted by Crippen LogP contribution is -2.41. The Bertz CT molecular complexity index is 659. The lowest BCUT2D eigenvalue weighted by atomic mass is 9.97. The summed E-state index contributed by atoms with van der Waals surface area (Å²) in [4.78, 5) is 23.0. The van der Waals surface area contributed by atoms with Crippen LogP contribution in [-0.2, 0) is 4.79 Å². The van der Waals surface area contributed by atoms with Crippen molar-refractivity contribution in [1.82, 2.24) is 20.2 Å². The molecule has 1 N–H and O–H groups in total. The molecule has 0 aliphatic carbocycles. The van der Waals surface area contributed by atoms with Crippen LogP contribution in [0.4, 0.5) is 10.9 Å². The molecule has 0 aromatic carbocycles. The SMILES string of the molecule is CC(C)c1nnc(NC(=O)C2CCCN(c3cnccn3)C2)s1. The van der Waals surface area contributed by atoms with Crippen LogP contribution in [0, 0.1) is 5.92 Å². The highest BCUT2D eigenvalue weighted by molar-refractivity contribution is 7.15. The predicted octanol–water partition coefficient (Wildman–Crippen LogP) is 2.31. The zero-order valence-corrected chi connectivity index (χ0v) is 14.1. The molecule has 3 rings (SSSR count). The van der Waals surface area contributed by atoms with Gasteiger partial charge >= 0.3 is 0 Å². The minimum atomic E-state index is -0.0721. The highest BCUT2D eigenvalue weighted by Crippen LogP contribution is 2.25. The second-order valence-corrected chi connectivity index (χ2v) is 6.95. The highest BCUT2D eigenvalue weighted by Gasteiger charge is 2.27. The molecule has 1 aliphatic rings. The van der Waals surface area contributed by atoms with E-state index >= 15 is 0 Å². The molecule has 2 aromatic rings. The molecule has 1 unspecified atom stereocenters. The van der Waals surface area contributed by atoms with E-state index in [0.717, 1.165) is 30.2 Å². The van der Waals surface area contributed by atoms with E-state index in [1.807, 2.05) is 0 Å². The van der Waals surface area contributed by atoms with E-state index in [9.17, 15) is 4.79 Å². The number of nitrogens with one attached hydrogen (secondary N) is 1. The summed E-state index contributed by atoms with van der Waals surface area (Å²) in [6, 6.07) is 0. The highest BCUT2D eigenvalue weighted by atomic mass is 32.1. The van der Waals surface area contributed by atoms with Crippen LogP contribution < -0.4 is 10.2 Å². The third-order valence-electron chi connectivity index (χ3n) is 3.83. The van der Waals surface area contributed by atoms with E-state index in [0.29, 0.717) is 17.6 Å². The van der Waals surface area contributed by atoms with Gasteiger partial charge in [-0.25, -0.2) is 4.98 Å². The van der Waals surface area contributed by atoms with Crippen molar-refractivity contribution in [1.29, 1.82) is 0 Å². The topological polar surface area (TPSA) is 83.9 Å². The van der Waals surface area contributed by atoms with Crippen molar-refractivity contribution in [3.8, 4) is 0 Å². The number of rotatable bonds is 4. The number of hydrogen-bond acceptors (Lipinski definition) is 7. The Morgan fingerprint density at radius 3 is 2.96 bits per heavy atom. The van der Waals surface area contributed by atoms with Crippen molar-refractivity contribution in [3.63, 3.8) is 0 Å². The molecule has 0 spiro atoms. The number of carbonyl (C=O) groups is 1. The van der Waals surface area contributed by atoms with Crippen molar-refractivity contribution in [3.05, 3.63) is 23.6 Å². The monoisotopic (exact) mass is 332 g/mol. The first kappa shape index (κ1) is 15.8. The quantitative estimate of drug-likeness (QED) is 0.925.